The molecule has 0 bridgehead atoms. The molecule has 0 aromatic rings. The molecule has 0 saturated carbocycles. The largest absolute Gasteiger partial charge is 0.509 e. The van der Waals surface area contributed by atoms with Gasteiger partial charge in [-0.1, -0.05) is 0 Å². The van der Waals surface area contributed by atoms with Crippen LogP contribution in [-0.4, -0.2) is 330 Å². The van der Waals surface area contributed by atoms with Gasteiger partial charge in [0.15, 0.2) is 64.4 Å². The Bertz CT molecular complexity index is 2310. The van der Waals surface area contributed by atoms with E-state index in [9.17, 15) is 137 Å². The maximum absolute atomic E-state index is 11.3. The molecular weight excluding hydrogens is 1260 g/mol. The predicted molar refractivity (Wildman–Crippen MR) is 294 cm³/mol. The summed E-state index contributed by atoms with van der Waals surface area (Å²) in [7, 11) is 0. The Hall–Kier alpha value is -4.66. The van der Waals surface area contributed by atoms with E-state index in [1.54, 1.807) is 0 Å². The van der Waals surface area contributed by atoms with Gasteiger partial charge in [0, 0.05) is 69.4 Å². The minimum absolute atomic E-state index is 0.220. The van der Waals surface area contributed by atoms with Crippen LogP contribution >= 0.6 is 23.5 Å². The van der Waals surface area contributed by atoms with Gasteiger partial charge < -0.3 is 177 Å². The number of carboxylic acid groups (broad SMARTS) is 2. The van der Waals surface area contributed by atoms with E-state index < -0.39 is 257 Å². The van der Waals surface area contributed by atoms with Crippen LogP contribution in [0.3, 0.4) is 0 Å². The highest BCUT2D eigenvalue weighted by atomic mass is 32.2. The molecule has 30 N–H and O–H groups in total. The van der Waals surface area contributed by atoms with Gasteiger partial charge >= 0.3 is 11.9 Å². The molecule has 39 nitrogen and oxygen atoms in total. The number of aliphatic carboxylic acids is 2. The summed E-state index contributed by atoms with van der Waals surface area (Å²) in [5.74, 6) is -17.9. The predicted octanol–water partition coefficient (Wildman–Crippen LogP) is -5.82. The number of thioether (sulfide) groups is 2. The first-order chi connectivity index (χ1) is 41.8. The van der Waals surface area contributed by atoms with Crippen LogP contribution in [0.4, 0.5) is 0 Å². The Kier molecular flexibility index (Phi) is 35.9. The van der Waals surface area contributed by atoms with E-state index in [2.05, 4.69) is 4.89 Å². The molecule has 2 heterocycles. The van der Waals surface area contributed by atoms with Crippen molar-refractivity contribution in [1.29, 1.82) is 0 Å². The lowest BCUT2D eigenvalue weighted by Crippen LogP contribution is -2.61. The van der Waals surface area contributed by atoms with Crippen LogP contribution in [0.2, 0.25) is 0 Å². The first kappa shape index (κ1) is 80.4. The fourth-order valence-corrected chi connectivity index (χ4v) is 9.86. The third-order valence-corrected chi connectivity index (χ3v) is 15.1. The molecular formula is C48H82N2O37S2. The number of allylic oxidation sites excluding steroid dienone is 1. The second-order valence-corrected chi connectivity index (χ2v) is 21.6. The minimum Gasteiger partial charge on any atom is -0.509 e. The van der Waals surface area contributed by atoms with Crippen molar-refractivity contribution in [2.45, 2.75) is 168 Å². The van der Waals surface area contributed by atoms with Crippen LogP contribution in [0.15, 0.2) is 57.6 Å². The average molecular weight is 1340 g/mol. The van der Waals surface area contributed by atoms with Gasteiger partial charge in [0.2, 0.25) is 25.2 Å². The summed E-state index contributed by atoms with van der Waals surface area (Å²) in [5.41, 5.74) is 11.0. The summed E-state index contributed by atoms with van der Waals surface area (Å²) >= 11 is 1.60. The number of aliphatic hydroxyl groups excluding tert-OH is 23. The van der Waals surface area contributed by atoms with Crippen molar-refractivity contribution >= 4 is 35.5 Å². The molecule has 0 aromatic heterocycles. The molecule has 6 unspecified atom stereocenters. The van der Waals surface area contributed by atoms with E-state index in [-0.39, 0.29) is 29.4 Å². The number of nitrogens with two attached hydrogens (primary N) is 2. The maximum Gasteiger partial charge on any atom is 0.321 e. The van der Waals surface area contributed by atoms with Crippen molar-refractivity contribution in [2.75, 3.05) is 56.0 Å². The topological polar surface area (TPSA) is 695 Å². The fraction of sp³-hybridized carbons (Fsp3) is 0.750. The number of carbonyl (C=O) groups is 2. The van der Waals surface area contributed by atoms with Crippen molar-refractivity contribution in [3.63, 3.8) is 0 Å². The SMILES string of the molecule is C/C(O)=C(/O)[C@@H](CCO)O[C@H]1OC(CO)[C@@H](O[C@@H](O)/C(O)=C(/O)[C@@H](CCO)O[C@H](O)/C(O)=C(\O)[C@@H](CCSC[C@@H](N)C(=O)O)O[C@H](O)/C(O)=C(\O)[C@@H](CCO)O[C@H](O)/C(O)=C(\O)[C@@H](CCO)O[C@H]2OC(CSC[C@@H](N)C(=O)O)[C@@H](OO)C(O)C2O)C(O)C1O. The van der Waals surface area contributed by atoms with Gasteiger partial charge in [-0.2, -0.15) is 23.5 Å². The van der Waals surface area contributed by atoms with Crippen LogP contribution in [0.1, 0.15) is 39.0 Å². The van der Waals surface area contributed by atoms with E-state index in [1.807, 2.05) is 0 Å². The molecule has 2 aliphatic heterocycles. The van der Waals surface area contributed by atoms with Gasteiger partial charge in [-0.05, 0) is 19.1 Å². The lowest BCUT2D eigenvalue weighted by molar-refractivity contribution is -0.373. The van der Waals surface area contributed by atoms with Gasteiger partial charge in [-0.3, -0.25) is 14.8 Å². The maximum atomic E-state index is 11.3. The molecule has 0 aromatic carbocycles. The van der Waals surface area contributed by atoms with Crippen molar-refractivity contribution in [3.8, 4) is 0 Å². The molecule has 0 radical (unpaired) electrons. The first-order valence-electron chi connectivity index (χ1n) is 26.5. The summed E-state index contributed by atoms with van der Waals surface area (Å²) in [6.07, 6.45) is -44.2. The van der Waals surface area contributed by atoms with Gasteiger partial charge in [0.25, 0.3) is 0 Å². The smallest absolute Gasteiger partial charge is 0.321 e. The number of rotatable bonds is 42. The number of hydrogen-bond donors (Lipinski definition) is 28. The summed E-state index contributed by atoms with van der Waals surface area (Å²) in [5, 5.41) is 271. The van der Waals surface area contributed by atoms with E-state index in [4.69, 9.17) is 54.5 Å². The zero-order valence-corrected chi connectivity index (χ0v) is 48.7. The van der Waals surface area contributed by atoms with Crippen LogP contribution in [0, 0.1) is 0 Å². The van der Waals surface area contributed by atoms with Crippen molar-refractivity contribution in [3.05, 3.63) is 57.6 Å². The normalized spacial score (nSPS) is 27.8. The molecule has 0 spiro atoms. The lowest BCUT2D eigenvalue weighted by atomic mass is 9.98. The van der Waals surface area contributed by atoms with Crippen LogP contribution in [-0.2, 0) is 52.4 Å². The molecule has 518 valence electrons. The summed E-state index contributed by atoms with van der Waals surface area (Å²) < 4.78 is 42.5. The number of aliphatic hydroxyl groups is 23. The minimum atomic E-state index is -2.89. The van der Waals surface area contributed by atoms with E-state index in [0.717, 1.165) is 30.4 Å². The molecule has 2 aliphatic rings. The second kappa shape index (κ2) is 39.7. The molecule has 0 aliphatic carbocycles. The highest BCUT2D eigenvalue weighted by molar-refractivity contribution is 7.99. The zero-order chi connectivity index (χ0) is 67.7. The third-order valence-electron chi connectivity index (χ3n) is 12.8. The molecule has 41 heteroatoms. The second-order valence-electron chi connectivity index (χ2n) is 19.3. The standard InChI is InChI=1S/C48H82N2O37S2/c1-16(56)26(57)19(2-7-51)82-47-37(68)31(62)39(24(12-55)84-47)86-46(77)36(67)28(59)21(4-9-53)80-44(75)35(66)30(61)23(6-11-88-13-17(49)41(70)71)81-45(76)33(64)27(58)20(3-8-52)79-43(74)34(65)29(60)22(5-10-54)83-48-38(69)32(63)40(87-78)25(85-48)15-89-14-18(50)42(72)73/h17-25,31-32,37-40,43-48,51-69,74-78H,2-15,49-50H2,1H3,(H,70,71)(H,72,73)/b26-16-,33-27+,34-29+,35-30+,36-28-/t17-,18-,19-,20-,21-,22-,23-,24?,25?,31?,32?,37?,38?,39-,40-,43+,44+,45+,46-,47+,48+/m1/s1. The highest BCUT2D eigenvalue weighted by Crippen LogP contribution is 2.32. The van der Waals surface area contributed by atoms with Gasteiger partial charge in [-0.15, -0.1) is 0 Å². The van der Waals surface area contributed by atoms with Crippen molar-refractivity contribution < 1.29 is 185 Å². The number of carboxylic acids is 2. The van der Waals surface area contributed by atoms with Gasteiger partial charge in [0.05, 0.1) is 6.61 Å². The Labute approximate surface area is 512 Å². The van der Waals surface area contributed by atoms with Crippen molar-refractivity contribution in [2.24, 2.45) is 11.5 Å². The quantitative estimate of drug-likeness (QED) is 0.00890. The summed E-state index contributed by atoms with van der Waals surface area (Å²) in [6.45, 7) is -3.51. The molecule has 2 saturated heterocycles. The zero-order valence-electron chi connectivity index (χ0n) is 47.1. The fourth-order valence-electron chi connectivity index (χ4n) is 7.88. The Morgan fingerprint density at radius 1 is 0.449 bits per heavy atom. The van der Waals surface area contributed by atoms with E-state index in [0.29, 0.717) is 0 Å². The van der Waals surface area contributed by atoms with Crippen LogP contribution in [0.5, 0.6) is 0 Å². The number of ether oxygens (including phenoxy) is 8. The molecule has 2 fully saturated rings. The number of hydrogen-bond acceptors (Lipinski definition) is 39. The average Bonchev–Trinajstić information content (AvgIpc) is 1.87. The monoisotopic (exact) mass is 1340 g/mol. The Balaban J connectivity index is 2.46. The van der Waals surface area contributed by atoms with E-state index >= 15 is 0 Å². The third kappa shape index (κ3) is 23.8. The lowest BCUT2D eigenvalue weighted by Gasteiger charge is -2.43. The first-order valence-corrected chi connectivity index (χ1v) is 28.8. The highest BCUT2D eigenvalue weighted by Gasteiger charge is 2.50. The molecule has 89 heavy (non-hydrogen) atoms. The summed E-state index contributed by atoms with van der Waals surface area (Å²) in [6, 6.07) is -2.83. The Morgan fingerprint density at radius 3 is 1.18 bits per heavy atom. The van der Waals surface area contributed by atoms with Crippen molar-refractivity contribution in [1.82, 2.24) is 0 Å². The molecule has 0 amide bonds. The van der Waals surface area contributed by atoms with Crippen LogP contribution < -0.4 is 11.5 Å². The van der Waals surface area contributed by atoms with Gasteiger partial charge in [0.1, 0.15) is 97.2 Å². The Morgan fingerprint density at radius 2 is 0.798 bits per heavy atom. The molecule has 21 atom stereocenters. The van der Waals surface area contributed by atoms with Crippen LogP contribution in [0.25, 0.3) is 0 Å². The van der Waals surface area contributed by atoms with E-state index in [1.165, 1.54) is 0 Å². The molecule has 2 rings (SSSR count). The summed E-state index contributed by atoms with van der Waals surface area (Å²) in [4.78, 5) is 26.7. The van der Waals surface area contributed by atoms with Gasteiger partial charge in [-0.25, -0.2) is 4.89 Å².